The minimum Gasteiger partial charge on any atom is -0.383 e. The summed E-state index contributed by atoms with van der Waals surface area (Å²) in [5.74, 6) is -1.21. The van der Waals surface area contributed by atoms with Gasteiger partial charge in [0.05, 0.1) is 12.6 Å². The number of piperazine rings is 1. The van der Waals surface area contributed by atoms with Gasteiger partial charge in [0, 0.05) is 46.4 Å². The second-order valence-electron chi connectivity index (χ2n) is 5.87. The van der Waals surface area contributed by atoms with E-state index in [0.717, 1.165) is 26.2 Å². The van der Waals surface area contributed by atoms with Crippen LogP contribution in [0, 0.1) is 0 Å². The van der Waals surface area contributed by atoms with Crippen molar-refractivity contribution in [3.8, 4) is 0 Å². The monoisotopic (exact) mass is 354 g/mol. The summed E-state index contributed by atoms with van der Waals surface area (Å²) in [6, 6.07) is 2.18. The Balaban J connectivity index is 1.89. The third-order valence-electron chi connectivity index (χ3n) is 4.16. The number of methoxy groups -OCH3 is 1. The highest BCUT2D eigenvalue weighted by atomic mass is 32.1. The van der Waals surface area contributed by atoms with Crippen LogP contribution in [0.5, 0.6) is 0 Å². The van der Waals surface area contributed by atoms with E-state index < -0.39 is 11.8 Å². The molecule has 1 atom stereocenters. The molecule has 1 aromatic rings. The lowest BCUT2D eigenvalue weighted by Gasteiger charge is -2.37. The average Bonchev–Trinajstić information content (AvgIpc) is 3.11. The van der Waals surface area contributed by atoms with Crippen LogP contribution in [-0.4, -0.2) is 81.6 Å². The summed E-state index contributed by atoms with van der Waals surface area (Å²) >= 11 is 1.64. The number of carbonyl (C=O) groups is 2. The average molecular weight is 354 g/mol. The van der Waals surface area contributed by atoms with E-state index in [1.807, 2.05) is 5.38 Å². The molecular formula is C16H26N4O3S. The highest BCUT2D eigenvalue weighted by molar-refractivity contribution is 7.07. The van der Waals surface area contributed by atoms with E-state index in [4.69, 9.17) is 4.74 Å². The van der Waals surface area contributed by atoms with Crippen molar-refractivity contribution in [1.29, 1.82) is 0 Å². The fraction of sp³-hybridized carbons (Fsp3) is 0.625. The first-order chi connectivity index (χ1) is 11.6. The van der Waals surface area contributed by atoms with E-state index in [0.29, 0.717) is 19.7 Å². The van der Waals surface area contributed by atoms with Gasteiger partial charge in [0.1, 0.15) is 0 Å². The molecule has 134 valence electrons. The molecular weight excluding hydrogens is 328 g/mol. The lowest BCUT2D eigenvalue weighted by Crippen LogP contribution is -2.49. The maximum Gasteiger partial charge on any atom is 0.309 e. The molecule has 1 aliphatic rings. The second-order valence-corrected chi connectivity index (χ2v) is 6.65. The summed E-state index contributed by atoms with van der Waals surface area (Å²) in [6.45, 7) is 5.06. The predicted molar refractivity (Wildman–Crippen MR) is 94.0 cm³/mol. The molecule has 0 bridgehead atoms. The minimum absolute atomic E-state index is 0.0978. The Labute approximate surface area is 147 Å². The molecule has 2 amide bonds. The van der Waals surface area contributed by atoms with Crippen molar-refractivity contribution in [3.63, 3.8) is 0 Å². The van der Waals surface area contributed by atoms with Crippen molar-refractivity contribution in [2.24, 2.45) is 0 Å². The van der Waals surface area contributed by atoms with Gasteiger partial charge in [-0.15, -0.1) is 0 Å². The summed E-state index contributed by atoms with van der Waals surface area (Å²) in [6.07, 6.45) is 0. The van der Waals surface area contributed by atoms with Gasteiger partial charge in [-0.3, -0.25) is 14.5 Å². The minimum atomic E-state index is -0.616. The standard InChI is InChI=1S/C16H26N4O3S/c1-19-5-7-20(8-6-19)14(13-3-10-24-12-13)11-18-16(22)15(21)17-4-9-23-2/h3,10,12,14H,4-9,11H2,1-2H3,(H,17,21)(H,18,22). The van der Waals surface area contributed by atoms with E-state index in [9.17, 15) is 9.59 Å². The predicted octanol–water partition coefficient (Wildman–Crippen LogP) is -0.0846. The van der Waals surface area contributed by atoms with E-state index >= 15 is 0 Å². The summed E-state index contributed by atoms with van der Waals surface area (Å²) < 4.78 is 4.85. The Hall–Kier alpha value is -1.48. The van der Waals surface area contributed by atoms with Gasteiger partial charge in [0.25, 0.3) is 0 Å². The zero-order chi connectivity index (χ0) is 17.4. The first-order valence-corrected chi connectivity index (χ1v) is 9.05. The molecule has 0 aliphatic carbocycles. The van der Waals surface area contributed by atoms with E-state index in [1.165, 1.54) is 5.56 Å². The molecule has 2 rings (SSSR count). The number of amides is 2. The highest BCUT2D eigenvalue weighted by Crippen LogP contribution is 2.23. The Bertz CT molecular complexity index is 515. The molecule has 0 aromatic carbocycles. The smallest absolute Gasteiger partial charge is 0.309 e. The highest BCUT2D eigenvalue weighted by Gasteiger charge is 2.25. The number of likely N-dealkylation sites (N-methyl/N-ethyl adjacent to an activating group) is 1. The maximum absolute atomic E-state index is 12.0. The number of ether oxygens (including phenoxy) is 1. The molecule has 0 spiro atoms. The van der Waals surface area contributed by atoms with Crippen LogP contribution < -0.4 is 10.6 Å². The van der Waals surface area contributed by atoms with Crippen LogP contribution in [0.1, 0.15) is 11.6 Å². The quantitative estimate of drug-likeness (QED) is 0.529. The Morgan fingerprint density at radius 1 is 1.25 bits per heavy atom. The van der Waals surface area contributed by atoms with Gasteiger partial charge in [-0.05, 0) is 29.4 Å². The van der Waals surface area contributed by atoms with Crippen LogP contribution in [0.3, 0.4) is 0 Å². The molecule has 0 radical (unpaired) electrons. The molecule has 7 nitrogen and oxygen atoms in total. The molecule has 1 fully saturated rings. The Kier molecular flexibility index (Phi) is 7.64. The molecule has 24 heavy (non-hydrogen) atoms. The van der Waals surface area contributed by atoms with Crippen LogP contribution >= 0.6 is 11.3 Å². The normalized spacial score (nSPS) is 17.4. The molecule has 1 unspecified atom stereocenters. The van der Waals surface area contributed by atoms with E-state index in [1.54, 1.807) is 18.4 Å². The van der Waals surface area contributed by atoms with Crippen molar-refractivity contribution in [1.82, 2.24) is 20.4 Å². The van der Waals surface area contributed by atoms with Crippen molar-refractivity contribution in [2.45, 2.75) is 6.04 Å². The zero-order valence-corrected chi connectivity index (χ0v) is 15.1. The zero-order valence-electron chi connectivity index (χ0n) is 14.3. The van der Waals surface area contributed by atoms with Gasteiger partial charge in [0.15, 0.2) is 0 Å². The number of nitrogens with one attached hydrogen (secondary N) is 2. The number of carbonyl (C=O) groups excluding carboxylic acids is 2. The summed E-state index contributed by atoms with van der Waals surface area (Å²) in [4.78, 5) is 28.4. The van der Waals surface area contributed by atoms with Gasteiger partial charge in [-0.1, -0.05) is 0 Å². The van der Waals surface area contributed by atoms with Crippen molar-refractivity contribution < 1.29 is 14.3 Å². The third kappa shape index (κ3) is 5.55. The number of hydrogen-bond donors (Lipinski definition) is 2. The van der Waals surface area contributed by atoms with Crippen LogP contribution in [0.4, 0.5) is 0 Å². The topological polar surface area (TPSA) is 73.9 Å². The van der Waals surface area contributed by atoms with Crippen molar-refractivity contribution in [2.75, 3.05) is 60.0 Å². The third-order valence-corrected chi connectivity index (χ3v) is 4.86. The van der Waals surface area contributed by atoms with Crippen molar-refractivity contribution in [3.05, 3.63) is 22.4 Å². The fourth-order valence-corrected chi connectivity index (χ4v) is 3.38. The Morgan fingerprint density at radius 3 is 2.58 bits per heavy atom. The molecule has 2 heterocycles. The van der Waals surface area contributed by atoms with Crippen molar-refractivity contribution >= 4 is 23.2 Å². The lowest BCUT2D eigenvalue weighted by molar-refractivity contribution is -0.139. The molecule has 2 N–H and O–H groups in total. The van der Waals surface area contributed by atoms with Gasteiger partial charge in [0.2, 0.25) is 0 Å². The summed E-state index contributed by atoms with van der Waals surface area (Å²) in [7, 11) is 3.66. The van der Waals surface area contributed by atoms with E-state index in [-0.39, 0.29) is 6.04 Å². The summed E-state index contributed by atoms with van der Waals surface area (Å²) in [5, 5.41) is 9.44. The number of nitrogens with zero attached hydrogens (tertiary/aromatic N) is 2. The van der Waals surface area contributed by atoms with Gasteiger partial charge in [-0.25, -0.2) is 0 Å². The number of hydrogen-bond acceptors (Lipinski definition) is 6. The van der Waals surface area contributed by atoms with Crippen LogP contribution in [0.25, 0.3) is 0 Å². The largest absolute Gasteiger partial charge is 0.383 e. The lowest BCUT2D eigenvalue weighted by atomic mass is 10.1. The SMILES string of the molecule is COCCNC(=O)C(=O)NCC(c1ccsc1)N1CCN(C)CC1. The maximum atomic E-state index is 12.0. The molecule has 8 heteroatoms. The summed E-state index contributed by atoms with van der Waals surface area (Å²) in [5.41, 5.74) is 1.18. The van der Waals surface area contributed by atoms with Crippen LogP contribution in [0.15, 0.2) is 16.8 Å². The fourth-order valence-electron chi connectivity index (χ4n) is 2.67. The molecule has 1 aliphatic heterocycles. The van der Waals surface area contributed by atoms with Gasteiger partial charge >= 0.3 is 11.8 Å². The molecule has 0 saturated carbocycles. The van der Waals surface area contributed by atoms with Gasteiger partial charge in [-0.2, -0.15) is 11.3 Å². The number of thiophene rings is 1. The van der Waals surface area contributed by atoms with E-state index in [2.05, 4.69) is 38.9 Å². The Morgan fingerprint density at radius 2 is 1.96 bits per heavy atom. The van der Waals surface area contributed by atoms with Crippen LogP contribution in [-0.2, 0) is 14.3 Å². The first kappa shape index (κ1) is 18.9. The first-order valence-electron chi connectivity index (χ1n) is 8.11. The van der Waals surface area contributed by atoms with Crippen LogP contribution in [0.2, 0.25) is 0 Å². The second kappa shape index (κ2) is 9.73. The number of rotatable bonds is 7. The molecule has 1 aromatic heterocycles. The van der Waals surface area contributed by atoms with Gasteiger partial charge < -0.3 is 20.3 Å². The molecule has 1 saturated heterocycles.